The van der Waals surface area contributed by atoms with Gasteiger partial charge in [0.25, 0.3) is 0 Å². The fourth-order valence-electron chi connectivity index (χ4n) is 2.08. The molecule has 0 amide bonds. The van der Waals surface area contributed by atoms with E-state index in [1.165, 1.54) is 12.2 Å². The molecule has 0 fully saturated rings. The van der Waals surface area contributed by atoms with Gasteiger partial charge in [0.1, 0.15) is 0 Å². The van der Waals surface area contributed by atoms with Crippen molar-refractivity contribution in [3.05, 3.63) is 63.7 Å². The lowest BCUT2D eigenvalue weighted by Gasteiger charge is -2.03. The van der Waals surface area contributed by atoms with Crippen molar-refractivity contribution in [2.24, 2.45) is 4.99 Å². The number of halogens is 2. The fraction of sp³-hybridized carbons (Fsp3) is 0.167. The van der Waals surface area contributed by atoms with Crippen molar-refractivity contribution in [2.45, 2.75) is 13.3 Å². The first-order valence-corrected chi connectivity index (χ1v) is 7.90. The predicted molar refractivity (Wildman–Crippen MR) is 95.3 cm³/mol. The van der Waals surface area contributed by atoms with E-state index in [1.807, 2.05) is 13.0 Å². The largest absolute Gasteiger partial charge is 0.289 e. The Bertz CT molecular complexity index is 758. The first-order valence-electron chi connectivity index (χ1n) is 7.15. The maximum absolute atomic E-state index is 12.4. The zero-order valence-corrected chi connectivity index (χ0v) is 14.1. The molecule has 0 aliphatic heterocycles. The standard InChI is InChI=1S/C18H15Cl2NO2/c1-2-21-16-6-4-3-5-14(18(16)23)17(22)10-8-12-7-9-13(19)11-15(12)20/h3-5,7-11H,2,6H2,1H3/b10-8+,21-16?. The van der Waals surface area contributed by atoms with E-state index in [4.69, 9.17) is 23.2 Å². The maximum Gasteiger partial charge on any atom is 0.210 e. The average Bonchev–Trinajstić information content (AvgIpc) is 2.69. The highest BCUT2D eigenvalue weighted by Gasteiger charge is 2.21. The van der Waals surface area contributed by atoms with E-state index in [1.54, 1.807) is 30.4 Å². The smallest absolute Gasteiger partial charge is 0.210 e. The minimum Gasteiger partial charge on any atom is -0.289 e. The summed E-state index contributed by atoms with van der Waals surface area (Å²) in [6.07, 6.45) is 8.38. The molecule has 0 atom stereocenters. The van der Waals surface area contributed by atoms with E-state index in [2.05, 4.69) is 4.99 Å². The third-order valence-electron chi connectivity index (χ3n) is 3.21. The molecule has 118 valence electrons. The van der Waals surface area contributed by atoms with Crippen LogP contribution in [0.5, 0.6) is 0 Å². The summed E-state index contributed by atoms with van der Waals surface area (Å²) >= 11 is 11.9. The second-order valence-corrected chi connectivity index (χ2v) is 5.67. The number of hydrogen-bond acceptors (Lipinski definition) is 3. The van der Waals surface area contributed by atoms with E-state index in [0.29, 0.717) is 34.3 Å². The molecule has 5 heteroatoms. The summed E-state index contributed by atoms with van der Waals surface area (Å²) in [5, 5.41) is 0.960. The summed E-state index contributed by atoms with van der Waals surface area (Å²) in [6.45, 7) is 2.36. The first kappa shape index (κ1) is 17.4. The number of carbonyl (C=O) groups excluding carboxylic acids is 2. The van der Waals surface area contributed by atoms with Crippen LogP contribution < -0.4 is 0 Å². The Morgan fingerprint density at radius 3 is 2.83 bits per heavy atom. The molecule has 0 bridgehead atoms. The Hall–Kier alpha value is -1.97. The van der Waals surface area contributed by atoms with Crippen LogP contribution in [-0.2, 0) is 9.59 Å². The van der Waals surface area contributed by atoms with Crippen LogP contribution >= 0.6 is 23.2 Å². The Labute approximate surface area is 145 Å². The molecule has 0 heterocycles. The second-order valence-electron chi connectivity index (χ2n) is 4.83. The molecule has 0 saturated heterocycles. The van der Waals surface area contributed by atoms with Gasteiger partial charge in [-0.05, 0) is 42.8 Å². The first-order chi connectivity index (χ1) is 11.0. The SMILES string of the molecule is CCN=C1CC=CC=C(C(=O)/C=C/c2ccc(Cl)cc2Cl)C1=O. The van der Waals surface area contributed by atoms with Crippen LogP contribution in [0.15, 0.2) is 53.1 Å². The molecule has 0 saturated carbocycles. The lowest BCUT2D eigenvalue weighted by atomic mass is 10.0. The topological polar surface area (TPSA) is 46.5 Å². The monoisotopic (exact) mass is 347 g/mol. The Kier molecular flexibility index (Phi) is 6.08. The number of rotatable bonds is 4. The molecular weight excluding hydrogens is 333 g/mol. The highest BCUT2D eigenvalue weighted by Crippen LogP contribution is 2.22. The molecule has 1 aliphatic rings. The molecule has 1 aromatic carbocycles. The van der Waals surface area contributed by atoms with Crippen molar-refractivity contribution >= 4 is 46.6 Å². The van der Waals surface area contributed by atoms with E-state index in [-0.39, 0.29) is 17.1 Å². The van der Waals surface area contributed by atoms with Gasteiger partial charge in [-0.2, -0.15) is 0 Å². The number of hydrogen-bond donors (Lipinski definition) is 0. The van der Waals surface area contributed by atoms with Gasteiger partial charge in [0.2, 0.25) is 5.78 Å². The third kappa shape index (κ3) is 4.50. The Balaban J connectivity index is 2.24. The normalized spacial score (nSPS) is 16.7. The van der Waals surface area contributed by atoms with E-state index in [0.717, 1.165) is 0 Å². The summed E-state index contributed by atoms with van der Waals surface area (Å²) in [5.74, 6) is -0.704. The predicted octanol–water partition coefficient (Wildman–Crippen LogP) is 4.49. The van der Waals surface area contributed by atoms with Crippen LogP contribution in [-0.4, -0.2) is 23.8 Å². The molecule has 0 radical (unpaired) electrons. The van der Waals surface area contributed by atoms with Gasteiger partial charge in [0, 0.05) is 23.0 Å². The van der Waals surface area contributed by atoms with Gasteiger partial charge in [0.15, 0.2) is 5.78 Å². The number of nitrogens with zero attached hydrogens (tertiary/aromatic N) is 1. The molecule has 3 nitrogen and oxygen atoms in total. The molecular formula is C18H15Cl2NO2. The summed E-state index contributed by atoms with van der Waals surface area (Å²) in [4.78, 5) is 28.9. The van der Waals surface area contributed by atoms with Crippen LogP contribution in [0.25, 0.3) is 6.08 Å². The number of aliphatic imine (C=N–C) groups is 1. The molecule has 1 aromatic rings. The van der Waals surface area contributed by atoms with Crippen molar-refractivity contribution in [1.29, 1.82) is 0 Å². The van der Waals surface area contributed by atoms with Gasteiger partial charge in [0.05, 0.1) is 11.3 Å². The molecule has 0 spiro atoms. The Morgan fingerprint density at radius 2 is 2.13 bits per heavy atom. The van der Waals surface area contributed by atoms with Gasteiger partial charge in [-0.3, -0.25) is 14.6 Å². The summed E-state index contributed by atoms with van der Waals surface area (Å²) in [7, 11) is 0. The molecule has 0 aromatic heterocycles. The van der Waals surface area contributed by atoms with Gasteiger partial charge >= 0.3 is 0 Å². The zero-order chi connectivity index (χ0) is 16.8. The number of benzene rings is 1. The molecule has 1 aliphatic carbocycles. The van der Waals surface area contributed by atoms with Crippen LogP contribution in [0.1, 0.15) is 18.9 Å². The molecule has 0 N–H and O–H groups in total. The number of carbonyl (C=O) groups is 2. The lowest BCUT2D eigenvalue weighted by molar-refractivity contribution is -0.116. The number of allylic oxidation sites excluding steroid dienone is 5. The van der Waals surface area contributed by atoms with Crippen molar-refractivity contribution < 1.29 is 9.59 Å². The number of ketones is 2. The van der Waals surface area contributed by atoms with Crippen LogP contribution in [0.3, 0.4) is 0 Å². The van der Waals surface area contributed by atoms with Crippen molar-refractivity contribution in [3.8, 4) is 0 Å². The van der Waals surface area contributed by atoms with Gasteiger partial charge in [-0.1, -0.05) is 41.4 Å². The average molecular weight is 348 g/mol. The third-order valence-corrected chi connectivity index (χ3v) is 3.77. The molecule has 2 rings (SSSR count). The summed E-state index contributed by atoms with van der Waals surface area (Å²) < 4.78 is 0. The lowest BCUT2D eigenvalue weighted by Crippen LogP contribution is -2.20. The van der Waals surface area contributed by atoms with Gasteiger partial charge < -0.3 is 0 Å². The summed E-state index contributed by atoms with van der Waals surface area (Å²) in [5.41, 5.74) is 1.16. The van der Waals surface area contributed by atoms with E-state index < -0.39 is 0 Å². The van der Waals surface area contributed by atoms with Crippen molar-refractivity contribution in [1.82, 2.24) is 0 Å². The molecule has 0 unspecified atom stereocenters. The number of Topliss-reactive ketones (excluding diaryl/α,β-unsaturated/α-hetero) is 1. The highest BCUT2D eigenvalue weighted by atomic mass is 35.5. The fourth-order valence-corrected chi connectivity index (χ4v) is 2.55. The maximum atomic E-state index is 12.4. The van der Waals surface area contributed by atoms with Gasteiger partial charge in [-0.25, -0.2) is 0 Å². The van der Waals surface area contributed by atoms with Crippen molar-refractivity contribution in [3.63, 3.8) is 0 Å². The molecule has 23 heavy (non-hydrogen) atoms. The zero-order valence-electron chi connectivity index (χ0n) is 12.6. The minimum absolute atomic E-state index is 0.104. The quantitative estimate of drug-likeness (QED) is 0.594. The second kappa shape index (κ2) is 8.04. The Morgan fingerprint density at radius 1 is 1.35 bits per heavy atom. The minimum atomic E-state index is -0.378. The van der Waals surface area contributed by atoms with E-state index in [9.17, 15) is 9.59 Å². The van der Waals surface area contributed by atoms with Gasteiger partial charge in [-0.15, -0.1) is 0 Å². The van der Waals surface area contributed by atoms with Crippen LogP contribution in [0.4, 0.5) is 0 Å². The van der Waals surface area contributed by atoms with E-state index >= 15 is 0 Å². The van der Waals surface area contributed by atoms with Crippen LogP contribution in [0, 0.1) is 0 Å². The highest BCUT2D eigenvalue weighted by molar-refractivity contribution is 6.53. The van der Waals surface area contributed by atoms with Crippen molar-refractivity contribution in [2.75, 3.05) is 6.54 Å². The van der Waals surface area contributed by atoms with Crippen LogP contribution in [0.2, 0.25) is 10.0 Å². The summed E-state index contributed by atoms with van der Waals surface area (Å²) in [6, 6.07) is 4.99.